The molecule has 0 aliphatic carbocycles. The molecule has 38 heavy (non-hydrogen) atoms. The smallest absolute Gasteiger partial charge is 0.335 e. The number of carbonyl (C=O) groups is 1. The Kier molecular flexibility index (Phi) is 7.15. The van der Waals surface area contributed by atoms with E-state index >= 15 is 0 Å². The molecule has 1 aliphatic rings. The molecule has 1 amide bonds. The molecule has 0 unspecified atom stereocenters. The average Bonchev–Trinajstić information content (AvgIpc) is 3.55. The third-order valence-corrected chi connectivity index (χ3v) is 6.26. The number of anilines is 1. The number of rotatable bonds is 8. The van der Waals surface area contributed by atoms with E-state index in [0.29, 0.717) is 28.4 Å². The molecule has 5 rings (SSSR count). The van der Waals surface area contributed by atoms with E-state index in [1.807, 2.05) is 36.4 Å². The van der Waals surface area contributed by atoms with E-state index in [1.165, 1.54) is 15.5 Å². The topological polar surface area (TPSA) is 153 Å². The van der Waals surface area contributed by atoms with E-state index < -0.39 is 5.91 Å². The van der Waals surface area contributed by atoms with Crippen LogP contribution in [-0.2, 0) is 11.3 Å². The Labute approximate surface area is 218 Å². The largest absolute Gasteiger partial charge is 0.457 e. The number of nitrogen functional groups attached to an aromatic ring is 1. The number of imidazole rings is 1. The molecule has 4 N–H and O–H groups in total. The molecule has 1 fully saturated rings. The first-order valence-corrected chi connectivity index (χ1v) is 12.2. The molecular formula is C27H26N8O3. The zero-order valence-corrected chi connectivity index (χ0v) is 20.5. The van der Waals surface area contributed by atoms with Crippen molar-refractivity contribution in [1.82, 2.24) is 29.7 Å². The molecule has 0 spiro atoms. The normalized spacial score (nSPS) is 15.3. The molecule has 11 heteroatoms. The van der Waals surface area contributed by atoms with Crippen molar-refractivity contribution in [2.75, 3.05) is 18.8 Å². The summed E-state index contributed by atoms with van der Waals surface area (Å²) < 4.78 is 8.71. The Morgan fingerprint density at radius 1 is 1.18 bits per heavy atom. The number of hydrogen-bond acceptors (Lipinski definition) is 8. The molecule has 11 nitrogen and oxygen atoms in total. The van der Waals surface area contributed by atoms with Crippen LogP contribution in [0.4, 0.5) is 5.82 Å². The number of nitrogens with two attached hydrogens (primary N) is 1. The van der Waals surface area contributed by atoms with Gasteiger partial charge in [-0.2, -0.15) is 5.26 Å². The summed E-state index contributed by atoms with van der Waals surface area (Å²) in [5, 5.41) is 15.4. The maximum Gasteiger partial charge on any atom is 0.335 e. The van der Waals surface area contributed by atoms with Crippen LogP contribution in [0.15, 0.2) is 77.4 Å². The summed E-state index contributed by atoms with van der Waals surface area (Å²) in [6, 6.07) is 18.4. The van der Waals surface area contributed by atoms with Crippen molar-refractivity contribution in [3.8, 4) is 23.3 Å². The van der Waals surface area contributed by atoms with E-state index in [4.69, 9.17) is 10.5 Å². The Bertz CT molecular complexity index is 1580. The van der Waals surface area contributed by atoms with E-state index in [1.54, 1.807) is 30.3 Å². The maximum absolute atomic E-state index is 13.5. The maximum atomic E-state index is 13.5. The molecular weight excluding hydrogens is 484 g/mol. The standard InChI is InChI=1S/C27H26N8O3/c28-16-18(15-19-5-4-12-30-19)26(36)31-13-14-34-25-23(24(29)32-17-33-25)35(27(34)37)20-8-10-22(11-9-20)38-21-6-2-1-3-7-21/h1-3,6-11,15,17,19,30H,4-5,12-14H2,(H,31,36)(H2,29,32,33)/t19-/m0/s1. The first kappa shape index (κ1) is 24.7. The zero-order chi connectivity index (χ0) is 26.5. The van der Waals surface area contributed by atoms with Gasteiger partial charge in [0, 0.05) is 19.1 Å². The number of ether oxygens (including phenoxy) is 1. The van der Waals surface area contributed by atoms with Crippen LogP contribution in [-0.4, -0.2) is 44.1 Å². The second kappa shape index (κ2) is 11.0. The molecule has 0 bridgehead atoms. The van der Waals surface area contributed by atoms with Crippen LogP contribution < -0.4 is 26.8 Å². The van der Waals surface area contributed by atoms with Crippen LogP contribution in [0.25, 0.3) is 16.9 Å². The minimum absolute atomic E-state index is 0.0140. The average molecular weight is 511 g/mol. The molecule has 0 saturated carbocycles. The molecule has 0 radical (unpaired) electrons. The quantitative estimate of drug-likeness (QED) is 0.241. The lowest BCUT2D eigenvalue weighted by Gasteiger charge is -2.08. The number of hydrogen-bond donors (Lipinski definition) is 3. The Hall–Kier alpha value is -4.95. The van der Waals surface area contributed by atoms with Crippen LogP contribution in [0.5, 0.6) is 11.5 Å². The highest BCUT2D eigenvalue weighted by molar-refractivity contribution is 5.97. The summed E-state index contributed by atoms with van der Waals surface area (Å²) in [4.78, 5) is 34.4. The molecule has 2 aromatic heterocycles. The molecule has 3 heterocycles. The summed E-state index contributed by atoms with van der Waals surface area (Å²) in [7, 11) is 0. The number of fused-ring (bicyclic) bond motifs is 1. The van der Waals surface area contributed by atoms with Crippen molar-refractivity contribution >= 4 is 22.9 Å². The van der Waals surface area contributed by atoms with Crippen molar-refractivity contribution in [2.24, 2.45) is 0 Å². The monoisotopic (exact) mass is 510 g/mol. The fraction of sp³-hybridized carbons (Fsp3) is 0.222. The van der Waals surface area contributed by atoms with Crippen molar-refractivity contribution in [3.63, 3.8) is 0 Å². The molecule has 1 atom stereocenters. The Balaban J connectivity index is 1.37. The van der Waals surface area contributed by atoms with Gasteiger partial charge in [0.05, 0.1) is 5.69 Å². The highest BCUT2D eigenvalue weighted by Gasteiger charge is 2.20. The summed E-state index contributed by atoms with van der Waals surface area (Å²) in [5.74, 6) is 0.972. The fourth-order valence-corrected chi connectivity index (χ4v) is 4.43. The molecule has 1 saturated heterocycles. The summed E-state index contributed by atoms with van der Waals surface area (Å²) in [6.45, 7) is 1.10. The number of para-hydroxylation sites is 1. The van der Waals surface area contributed by atoms with Crippen LogP contribution in [0.3, 0.4) is 0 Å². The van der Waals surface area contributed by atoms with Crippen molar-refractivity contribution in [2.45, 2.75) is 25.4 Å². The molecule has 2 aromatic carbocycles. The van der Waals surface area contributed by atoms with Crippen LogP contribution in [0.1, 0.15) is 12.8 Å². The first-order valence-electron chi connectivity index (χ1n) is 12.2. The van der Waals surface area contributed by atoms with Gasteiger partial charge < -0.3 is 21.1 Å². The number of nitrogens with one attached hydrogen (secondary N) is 2. The van der Waals surface area contributed by atoms with E-state index in [-0.39, 0.29) is 36.2 Å². The molecule has 4 aromatic rings. The lowest BCUT2D eigenvalue weighted by molar-refractivity contribution is -0.117. The number of nitrogens with zero attached hydrogens (tertiary/aromatic N) is 5. The molecule has 192 valence electrons. The first-order chi connectivity index (χ1) is 18.5. The van der Waals surface area contributed by atoms with E-state index in [0.717, 1.165) is 19.4 Å². The van der Waals surface area contributed by atoms with Gasteiger partial charge in [-0.15, -0.1) is 0 Å². The SMILES string of the molecule is N#CC(=C[C@@H]1CCCN1)C(=O)NCCn1c(=O)n(-c2ccc(Oc3ccccc3)cc2)c2c(N)ncnc21. The van der Waals surface area contributed by atoms with Crippen LogP contribution >= 0.6 is 0 Å². The van der Waals surface area contributed by atoms with Gasteiger partial charge in [-0.1, -0.05) is 18.2 Å². The number of aromatic nitrogens is 4. The lowest BCUT2D eigenvalue weighted by Crippen LogP contribution is -2.32. The minimum Gasteiger partial charge on any atom is -0.457 e. The Morgan fingerprint density at radius 2 is 1.95 bits per heavy atom. The Morgan fingerprint density at radius 3 is 2.66 bits per heavy atom. The van der Waals surface area contributed by atoms with Gasteiger partial charge in [0.25, 0.3) is 5.91 Å². The number of carbonyl (C=O) groups excluding carboxylic acids is 1. The summed E-state index contributed by atoms with van der Waals surface area (Å²) in [6.07, 6.45) is 4.83. The molecule has 1 aliphatic heterocycles. The van der Waals surface area contributed by atoms with Crippen molar-refractivity contribution in [1.29, 1.82) is 5.26 Å². The number of amides is 1. The third kappa shape index (κ3) is 5.11. The van der Waals surface area contributed by atoms with Gasteiger partial charge in [-0.05, 0) is 61.9 Å². The highest BCUT2D eigenvalue weighted by Crippen LogP contribution is 2.24. The number of benzene rings is 2. The highest BCUT2D eigenvalue weighted by atomic mass is 16.5. The van der Waals surface area contributed by atoms with Crippen LogP contribution in [0, 0.1) is 11.3 Å². The van der Waals surface area contributed by atoms with Gasteiger partial charge >= 0.3 is 5.69 Å². The zero-order valence-electron chi connectivity index (χ0n) is 20.5. The predicted octanol–water partition coefficient (Wildman–Crippen LogP) is 2.27. The van der Waals surface area contributed by atoms with Gasteiger partial charge in [0.2, 0.25) is 0 Å². The summed E-state index contributed by atoms with van der Waals surface area (Å²) in [5.41, 5.74) is 7.08. The van der Waals surface area contributed by atoms with Crippen LogP contribution in [0.2, 0.25) is 0 Å². The van der Waals surface area contributed by atoms with Crippen molar-refractivity contribution in [3.05, 3.63) is 83.1 Å². The van der Waals surface area contributed by atoms with Gasteiger partial charge in [-0.3, -0.25) is 13.9 Å². The minimum atomic E-state index is -0.485. The second-order valence-corrected chi connectivity index (χ2v) is 8.76. The second-order valence-electron chi connectivity index (χ2n) is 8.76. The predicted molar refractivity (Wildman–Crippen MR) is 142 cm³/mol. The van der Waals surface area contributed by atoms with Crippen molar-refractivity contribution < 1.29 is 9.53 Å². The van der Waals surface area contributed by atoms with Gasteiger partial charge in [0.15, 0.2) is 11.5 Å². The fourth-order valence-electron chi connectivity index (χ4n) is 4.43. The van der Waals surface area contributed by atoms with E-state index in [2.05, 4.69) is 20.6 Å². The third-order valence-electron chi connectivity index (χ3n) is 6.26. The lowest BCUT2D eigenvalue weighted by atomic mass is 10.1. The van der Waals surface area contributed by atoms with E-state index in [9.17, 15) is 14.9 Å². The van der Waals surface area contributed by atoms with Gasteiger partial charge in [-0.25, -0.2) is 14.8 Å². The van der Waals surface area contributed by atoms with Gasteiger partial charge in [0.1, 0.15) is 35.0 Å². The number of nitriles is 1. The summed E-state index contributed by atoms with van der Waals surface area (Å²) >= 11 is 0.